The van der Waals surface area contributed by atoms with Crippen molar-refractivity contribution in [1.82, 2.24) is 0 Å². The van der Waals surface area contributed by atoms with E-state index < -0.39 is 0 Å². The molecule has 0 atom stereocenters. The predicted molar refractivity (Wildman–Crippen MR) is 52.6 cm³/mol. The van der Waals surface area contributed by atoms with Crippen LogP contribution in [-0.4, -0.2) is 23.9 Å². The van der Waals surface area contributed by atoms with E-state index in [0.717, 1.165) is 18.4 Å². The molecule has 0 aliphatic heterocycles. The van der Waals surface area contributed by atoms with E-state index in [9.17, 15) is 10.2 Å². The highest BCUT2D eigenvalue weighted by Gasteiger charge is 2.44. The average Bonchev–Trinajstić information content (AvgIpc) is 2.91. The van der Waals surface area contributed by atoms with Gasteiger partial charge in [-0.15, -0.1) is 0 Å². The van der Waals surface area contributed by atoms with Crippen molar-refractivity contribution in [3.63, 3.8) is 0 Å². The van der Waals surface area contributed by atoms with Crippen molar-refractivity contribution in [2.45, 2.75) is 18.3 Å². The van der Waals surface area contributed by atoms with Gasteiger partial charge in [0.1, 0.15) is 0 Å². The Hall–Kier alpha value is -1.22. The van der Waals surface area contributed by atoms with Gasteiger partial charge in [0, 0.05) is 12.5 Å². The van der Waals surface area contributed by atoms with Crippen LogP contribution in [0.15, 0.2) is 18.2 Å². The number of phenols is 2. The summed E-state index contributed by atoms with van der Waals surface area (Å²) in [5.41, 5.74) is 1.13. The fraction of sp³-hybridized carbons (Fsp3) is 0.455. The zero-order chi connectivity index (χ0) is 10.2. The van der Waals surface area contributed by atoms with Crippen LogP contribution in [0.3, 0.4) is 0 Å². The molecule has 1 aliphatic carbocycles. The van der Waals surface area contributed by atoms with Crippen molar-refractivity contribution < 1.29 is 14.9 Å². The number of rotatable bonds is 3. The van der Waals surface area contributed by atoms with Crippen LogP contribution in [0.2, 0.25) is 0 Å². The van der Waals surface area contributed by atoms with E-state index in [1.54, 1.807) is 13.2 Å². The maximum Gasteiger partial charge on any atom is 0.157 e. The standard InChI is InChI=1S/C11H14O3/c1-14-7-11(4-5-11)8-2-3-9(12)10(13)6-8/h2-3,6,12-13H,4-5,7H2,1H3. The molecule has 0 amide bonds. The molecule has 0 bridgehead atoms. The molecule has 0 heterocycles. The SMILES string of the molecule is COCC1(c2ccc(O)c(O)c2)CC1. The summed E-state index contributed by atoms with van der Waals surface area (Å²) in [4.78, 5) is 0. The van der Waals surface area contributed by atoms with Gasteiger partial charge in [0.15, 0.2) is 11.5 Å². The fourth-order valence-electron chi connectivity index (χ4n) is 1.80. The van der Waals surface area contributed by atoms with E-state index in [1.165, 1.54) is 6.07 Å². The average molecular weight is 194 g/mol. The van der Waals surface area contributed by atoms with Crippen LogP contribution in [0.4, 0.5) is 0 Å². The Bertz CT molecular complexity index is 342. The van der Waals surface area contributed by atoms with Crippen molar-refractivity contribution in [3.05, 3.63) is 23.8 Å². The third-order valence-corrected chi connectivity index (χ3v) is 2.86. The van der Waals surface area contributed by atoms with Gasteiger partial charge in [0.05, 0.1) is 6.61 Å². The van der Waals surface area contributed by atoms with E-state index in [-0.39, 0.29) is 16.9 Å². The Labute approximate surface area is 83.0 Å². The molecule has 1 aliphatic rings. The third kappa shape index (κ3) is 1.44. The Kier molecular flexibility index (Phi) is 2.11. The Balaban J connectivity index is 2.28. The lowest BCUT2D eigenvalue weighted by Gasteiger charge is -2.14. The van der Waals surface area contributed by atoms with E-state index in [4.69, 9.17) is 4.74 Å². The topological polar surface area (TPSA) is 49.7 Å². The van der Waals surface area contributed by atoms with Crippen molar-refractivity contribution in [3.8, 4) is 11.5 Å². The maximum absolute atomic E-state index is 9.37. The van der Waals surface area contributed by atoms with Gasteiger partial charge in [-0.3, -0.25) is 0 Å². The van der Waals surface area contributed by atoms with E-state index >= 15 is 0 Å². The Morgan fingerprint density at radius 1 is 1.29 bits per heavy atom. The molecule has 0 unspecified atom stereocenters. The van der Waals surface area contributed by atoms with E-state index in [2.05, 4.69) is 0 Å². The summed E-state index contributed by atoms with van der Waals surface area (Å²) in [6, 6.07) is 5.00. The second-order valence-electron chi connectivity index (χ2n) is 3.92. The minimum absolute atomic E-state index is 0.0510. The Morgan fingerprint density at radius 3 is 2.50 bits per heavy atom. The van der Waals surface area contributed by atoms with Gasteiger partial charge in [-0.25, -0.2) is 0 Å². The molecule has 14 heavy (non-hydrogen) atoms. The molecule has 0 aromatic heterocycles. The molecule has 1 aromatic rings. The first-order valence-corrected chi connectivity index (χ1v) is 4.69. The first kappa shape index (κ1) is 9.34. The summed E-state index contributed by atoms with van der Waals surface area (Å²) >= 11 is 0. The van der Waals surface area contributed by atoms with Gasteiger partial charge >= 0.3 is 0 Å². The highest BCUT2D eigenvalue weighted by atomic mass is 16.5. The van der Waals surface area contributed by atoms with E-state index in [1.807, 2.05) is 6.07 Å². The molecule has 1 fully saturated rings. The minimum atomic E-state index is -0.0676. The number of ether oxygens (including phenoxy) is 1. The lowest BCUT2D eigenvalue weighted by molar-refractivity contribution is 0.171. The van der Waals surface area contributed by atoms with Crippen LogP contribution in [-0.2, 0) is 10.2 Å². The quantitative estimate of drug-likeness (QED) is 0.721. The van der Waals surface area contributed by atoms with Crippen LogP contribution in [0.25, 0.3) is 0 Å². The lowest BCUT2D eigenvalue weighted by atomic mass is 9.96. The smallest absolute Gasteiger partial charge is 0.157 e. The van der Waals surface area contributed by atoms with Crippen LogP contribution in [0.1, 0.15) is 18.4 Å². The molecule has 0 radical (unpaired) electrons. The summed E-state index contributed by atoms with van der Waals surface area (Å²) in [5, 5.41) is 18.5. The number of aromatic hydroxyl groups is 2. The summed E-state index contributed by atoms with van der Waals surface area (Å²) in [7, 11) is 1.68. The molecule has 3 nitrogen and oxygen atoms in total. The molecule has 2 N–H and O–H groups in total. The monoisotopic (exact) mass is 194 g/mol. The van der Waals surface area contributed by atoms with Crippen LogP contribution in [0.5, 0.6) is 11.5 Å². The molecule has 0 saturated heterocycles. The fourth-order valence-corrected chi connectivity index (χ4v) is 1.80. The first-order chi connectivity index (χ1) is 6.68. The summed E-state index contributed by atoms with van der Waals surface area (Å²) in [6.45, 7) is 0.678. The second kappa shape index (κ2) is 3.17. The van der Waals surface area contributed by atoms with Gasteiger partial charge in [-0.1, -0.05) is 6.07 Å². The molecule has 1 aromatic carbocycles. The zero-order valence-corrected chi connectivity index (χ0v) is 8.16. The Morgan fingerprint density at radius 2 is 2.00 bits per heavy atom. The minimum Gasteiger partial charge on any atom is -0.504 e. The summed E-state index contributed by atoms with van der Waals surface area (Å²) < 4.78 is 5.15. The van der Waals surface area contributed by atoms with Crippen molar-refractivity contribution in [1.29, 1.82) is 0 Å². The highest BCUT2D eigenvalue weighted by molar-refractivity contribution is 5.45. The molecule has 1 saturated carbocycles. The third-order valence-electron chi connectivity index (χ3n) is 2.86. The largest absolute Gasteiger partial charge is 0.504 e. The number of hydrogen-bond acceptors (Lipinski definition) is 3. The van der Waals surface area contributed by atoms with Crippen molar-refractivity contribution in [2.24, 2.45) is 0 Å². The summed E-state index contributed by atoms with van der Waals surface area (Å²) in [6.07, 6.45) is 2.18. The van der Waals surface area contributed by atoms with Gasteiger partial charge < -0.3 is 14.9 Å². The van der Waals surface area contributed by atoms with Crippen molar-refractivity contribution in [2.75, 3.05) is 13.7 Å². The number of methoxy groups -OCH3 is 1. The number of hydrogen-bond donors (Lipinski definition) is 2. The normalized spacial score (nSPS) is 18.1. The van der Waals surface area contributed by atoms with Gasteiger partial charge in [0.25, 0.3) is 0 Å². The van der Waals surface area contributed by atoms with Gasteiger partial charge in [0.2, 0.25) is 0 Å². The maximum atomic E-state index is 9.37. The second-order valence-corrected chi connectivity index (χ2v) is 3.92. The molecule has 76 valence electrons. The number of phenolic OH excluding ortho intramolecular Hbond substituents is 2. The lowest BCUT2D eigenvalue weighted by Crippen LogP contribution is -2.13. The molecule has 2 rings (SSSR count). The van der Waals surface area contributed by atoms with Crippen LogP contribution >= 0.6 is 0 Å². The molecular formula is C11H14O3. The van der Waals surface area contributed by atoms with Gasteiger partial charge in [-0.2, -0.15) is 0 Å². The van der Waals surface area contributed by atoms with Crippen LogP contribution < -0.4 is 0 Å². The highest BCUT2D eigenvalue weighted by Crippen LogP contribution is 2.49. The number of benzene rings is 1. The zero-order valence-electron chi connectivity index (χ0n) is 8.16. The summed E-state index contributed by atoms with van der Waals surface area (Å²) in [5.74, 6) is -0.119. The van der Waals surface area contributed by atoms with Crippen molar-refractivity contribution >= 4 is 0 Å². The molecule has 0 spiro atoms. The molecule has 3 heteroatoms. The van der Waals surface area contributed by atoms with E-state index in [0.29, 0.717) is 6.61 Å². The van der Waals surface area contributed by atoms with Crippen LogP contribution in [0, 0.1) is 0 Å². The molecular weight excluding hydrogens is 180 g/mol. The first-order valence-electron chi connectivity index (χ1n) is 4.69. The van der Waals surface area contributed by atoms with Gasteiger partial charge in [-0.05, 0) is 30.5 Å². The predicted octanol–water partition coefficient (Wildman–Crippen LogP) is 1.78.